The molecule has 0 bridgehead atoms. The highest BCUT2D eigenvalue weighted by molar-refractivity contribution is 6.45. The molecule has 6 nitrogen and oxygen atoms in total. The maximum Gasteiger partial charge on any atom is 0.458 e. The summed E-state index contributed by atoms with van der Waals surface area (Å²) in [7, 11) is 1.87. The number of carbonyl (C=O) groups is 2. The van der Waals surface area contributed by atoms with E-state index in [4.69, 9.17) is 9.31 Å². The third kappa shape index (κ3) is 2.48. The van der Waals surface area contributed by atoms with Gasteiger partial charge in [-0.15, -0.1) is 0 Å². The molecule has 1 aliphatic heterocycles. The molecule has 1 saturated heterocycles. The summed E-state index contributed by atoms with van der Waals surface area (Å²) in [6.45, 7) is 1.82. The van der Waals surface area contributed by atoms with E-state index in [1.54, 1.807) is 0 Å². The van der Waals surface area contributed by atoms with E-state index in [-0.39, 0.29) is 0 Å². The molecule has 84 valence electrons. The molecule has 0 aliphatic carbocycles. The van der Waals surface area contributed by atoms with Crippen molar-refractivity contribution in [1.82, 2.24) is 0 Å². The zero-order chi connectivity index (χ0) is 11.4. The molecule has 7 heteroatoms. The SMILES string of the molecule is CCB1OC(C(=O)OC)C(C(=O)OC)O1. The van der Waals surface area contributed by atoms with Gasteiger partial charge in [0.25, 0.3) is 0 Å². The van der Waals surface area contributed by atoms with Crippen LogP contribution in [0.25, 0.3) is 0 Å². The second-order valence-corrected chi connectivity index (χ2v) is 3.00. The number of ether oxygens (including phenoxy) is 2. The Morgan fingerprint density at radius 2 is 1.53 bits per heavy atom. The van der Waals surface area contributed by atoms with Gasteiger partial charge in [-0.3, -0.25) is 0 Å². The van der Waals surface area contributed by atoms with Crippen molar-refractivity contribution in [3.05, 3.63) is 0 Å². The van der Waals surface area contributed by atoms with E-state index in [0.29, 0.717) is 6.32 Å². The summed E-state index contributed by atoms with van der Waals surface area (Å²) >= 11 is 0. The summed E-state index contributed by atoms with van der Waals surface area (Å²) in [4.78, 5) is 22.5. The normalized spacial score (nSPS) is 25.1. The highest BCUT2D eigenvalue weighted by atomic mass is 16.7. The predicted octanol–water partition coefficient (Wildman–Crippen LogP) is -0.376. The lowest BCUT2D eigenvalue weighted by Gasteiger charge is -2.13. The average molecular weight is 216 g/mol. The molecular weight excluding hydrogens is 203 g/mol. The van der Waals surface area contributed by atoms with E-state index < -0.39 is 31.3 Å². The first kappa shape index (κ1) is 12.0. The quantitative estimate of drug-likeness (QED) is 0.473. The van der Waals surface area contributed by atoms with Gasteiger partial charge in [0.05, 0.1) is 14.2 Å². The van der Waals surface area contributed by atoms with Gasteiger partial charge >= 0.3 is 19.1 Å². The molecule has 0 amide bonds. The van der Waals surface area contributed by atoms with Crippen LogP contribution in [0.3, 0.4) is 0 Å². The molecular formula is C8H13BO6. The molecule has 0 aromatic carbocycles. The summed E-state index contributed by atoms with van der Waals surface area (Å²) in [5, 5.41) is 0. The van der Waals surface area contributed by atoms with Crippen molar-refractivity contribution in [3.8, 4) is 0 Å². The topological polar surface area (TPSA) is 71.1 Å². The first-order valence-corrected chi connectivity index (χ1v) is 4.60. The predicted molar refractivity (Wildman–Crippen MR) is 50.0 cm³/mol. The van der Waals surface area contributed by atoms with Crippen molar-refractivity contribution >= 4 is 19.1 Å². The fourth-order valence-corrected chi connectivity index (χ4v) is 1.28. The average Bonchev–Trinajstić information content (AvgIpc) is 2.70. The lowest BCUT2D eigenvalue weighted by Crippen LogP contribution is -2.38. The zero-order valence-corrected chi connectivity index (χ0v) is 8.89. The standard InChI is InChI=1S/C8H13BO6/c1-4-9-14-5(7(10)12-2)6(15-9)8(11)13-3/h5-6H,4H2,1-3H3. The molecule has 15 heavy (non-hydrogen) atoms. The summed E-state index contributed by atoms with van der Waals surface area (Å²) in [5.41, 5.74) is 0. The van der Waals surface area contributed by atoms with E-state index in [9.17, 15) is 9.59 Å². The van der Waals surface area contributed by atoms with Crippen molar-refractivity contribution in [1.29, 1.82) is 0 Å². The Hall–Kier alpha value is -1.08. The van der Waals surface area contributed by atoms with Gasteiger partial charge in [0.15, 0.2) is 12.2 Å². The van der Waals surface area contributed by atoms with Gasteiger partial charge in [0.1, 0.15) is 0 Å². The van der Waals surface area contributed by atoms with Crippen molar-refractivity contribution in [2.45, 2.75) is 25.5 Å². The van der Waals surface area contributed by atoms with Crippen LogP contribution in [-0.2, 0) is 28.4 Å². The Kier molecular flexibility index (Phi) is 4.10. The maximum absolute atomic E-state index is 11.3. The van der Waals surface area contributed by atoms with Crippen molar-refractivity contribution in [2.75, 3.05) is 14.2 Å². The highest BCUT2D eigenvalue weighted by Gasteiger charge is 2.47. The van der Waals surface area contributed by atoms with E-state index in [1.165, 1.54) is 14.2 Å². The van der Waals surface area contributed by atoms with Gasteiger partial charge < -0.3 is 18.8 Å². The zero-order valence-electron chi connectivity index (χ0n) is 8.89. The molecule has 1 aliphatic rings. The van der Waals surface area contributed by atoms with Crippen molar-refractivity contribution < 1.29 is 28.4 Å². The largest absolute Gasteiger partial charge is 0.467 e. The first-order valence-electron chi connectivity index (χ1n) is 4.60. The van der Waals surface area contributed by atoms with Crippen molar-refractivity contribution in [3.63, 3.8) is 0 Å². The summed E-state index contributed by atoms with van der Waals surface area (Å²) < 4.78 is 19.4. The molecule has 2 unspecified atom stereocenters. The van der Waals surface area contributed by atoms with E-state index in [0.717, 1.165) is 0 Å². The van der Waals surface area contributed by atoms with Gasteiger partial charge in [0, 0.05) is 0 Å². The molecule has 0 aromatic heterocycles. The number of esters is 2. The monoisotopic (exact) mass is 216 g/mol. The Labute approximate surface area is 88.0 Å². The minimum Gasteiger partial charge on any atom is -0.467 e. The van der Waals surface area contributed by atoms with Crippen molar-refractivity contribution in [2.24, 2.45) is 0 Å². The minimum atomic E-state index is -1.03. The van der Waals surface area contributed by atoms with E-state index >= 15 is 0 Å². The number of rotatable bonds is 3. The second-order valence-electron chi connectivity index (χ2n) is 3.00. The van der Waals surface area contributed by atoms with E-state index in [2.05, 4.69) is 9.47 Å². The molecule has 1 rings (SSSR count). The van der Waals surface area contributed by atoms with Crippen LogP contribution in [0.15, 0.2) is 0 Å². The van der Waals surface area contributed by atoms with Gasteiger partial charge in [-0.05, 0) is 6.32 Å². The number of hydrogen-bond donors (Lipinski definition) is 0. The maximum atomic E-state index is 11.3. The summed E-state index contributed by atoms with van der Waals surface area (Å²) in [6, 6.07) is 0. The Morgan fingerprint density at radius 3 is 1.80 bits per heavy atom. The van der Waals surface area contributed by atoms with Crippen LogP contribution in [0.2, 0.25) is 6.32 Å². The second kappa shape index (κ2) is 5.13. The third-order valence-corrected chi connectivity index (χ3v) is 2.07. The van der Waals surface area contributed by atoms with Crippen LogP contribution in [0.4, 0.5) is 0 Å². The summed E-state index contributed by atoms with van der Waals surface area (Å²) in [5.74, 6) is -1.28. The molecule has 1 heterocycles. The molecule has 0 radical (unpaired) electrons. The Morgan fingerprint density at radius 1 is 1.13 bits per heavy atom. The van der Waals surface area contributed by atoms with Crippen LogP contribution >= 0.6 is 0 Å². The molecule has 0 aromatic rings. The van der Waals surface area contributed by atoms with Crippen LogP contribution < -0.4 is 0 Å². The molecule has 0 saturated carbocycles. The number of methoxy groups -OCH3 is 2. The molecule has 1 fully saturated rings. The van der Waals surface area contributed by atoms with E-state index in [1.807, 2.05) is 6.92 Å². The smallest absolute Gasteiger partial charge is 0.458 e. The summed E-state index contributed by atoms with van der Waals surface area (Å²) in [6.07, 6.45) is -1.53. The Bertz CT molecular complexity index is 232. The fourth-order valence-electron chi connectivity index (χ4n) is 1.28. The lowest BCUT2D eigenvalue weighted by molar-refractivity contribution is -0.160. The minimum absolute atomic E-state index is 0.543. The fraction of sp³-hybridized carbons (Fsp3) is 0.750. The molecule has 0 spiro atoms. The van der Waals surface area contributed by atoms with Gasteiger partial charge in [0.2, 0.25) is 0 Å². The van der Waals surface area contributed by atoms with Crippen LogP contribution in [0.5, 0.6) is 0 Å². The highest BCUT2D eigenvalue weighted by Crippen LogP contribution is 2.20. The van der Waals surface area contributed by atoms with Crippen LogP contribution in [0.1, 0.15) is 6.92 Å². The number of hydrogen-bond acceptors (Lipinski definition) is 6. The third-order valence-electron chi connectivity index (χ3n) is 2.07. The molecule has 2 atom stereocenters. The molecule has 0 N–H and O–H groups in total. The lowest BCUT2D eigenvalue weighted by atomic mass is 9.87. The first-order chi connectivity index (χ1) is 7.13. The van der Waals surface area contributed by atoms with Gasteiger partial charge in [-0.25, -0.2) is 9.59 Å². The Balaban J connectivity index is 2.73. The van der Waals surface area contributed by atoms with Gasteiger partial charge in [-0.1, -0.05) is 6.92 Å². The van der Waals surface area contributed by atoms with Crippen LogP contribution in [-0.4, -0.2) is 45.5 Å². The van der Waals surface area contributed by atoms with Gasteiger partial charge in [-0.2, -0.15) is 0 Å². The van der Waals surface area contributed by atoms with Crippen LogP contribution in [0, 0.1) is 0 Å². The number of carbonyl (C=O) groups excluding carboxylic acids is 2.